The topological polar surface area (TPSA) is 80.2 Å². The van der Waals surface area contributed by atoms with Crippen LogP contribution in [0.25, 0.3) is 10.2 Å². The van der Waals surface area contributed by atoms with Crippen LogP contribution >= 0.6 is 23.1 Å². The number of carbonyl (C=O) groups is 1. The molecular formula is C24H23N3O3S3. The van der Waals surface area contributed by atoms with Crippen molar-refractivity contribution in [1.29, 1.82) is 0 Å². The van der Waals surface area contributed by atoms with Gasteiger partial charge in [-0.15, -0.1) is 11.8 Å². The first-order valence-electron chi connectivity index (χ1n) is 10.3. The lowest BCUT2D eigenvalue weighted by atomic mass is 10.1. The van der Waals surface area contributed by atoms with Gasteiger partial charge in [0, 0.05) is 17.3 Å². The van der Waals surface area contributed by atoms with Crippen molar-refractivity contribution in [3.05, 3.63) is 78.1 Å². The van der Waals surface area contributed by atoms with E-state index in [0.29, 0.717) is 11.7 Å². The van der Waals surface area contributed by atoms with E-state index >= 15 is 0 Å². The summed E-state index contributed by atoms with van der Waals surface area (Å²) in [5, 5.41) is 0.627. The third kappa shape index (κ3) is 5.43. The summed E-state index contributed by atoms with van der Waals surface area (Å²) < 4.78 is 25.2. The molecule has 4 rings (SSSR count). The zero-order chi connectivity index (χ0) is 23.4. The van der Waals surface area contributed by atoms with E-state index in [2.05, 4.69) is 11.1 Å². The molecule has 33 heavy (non-hydrogen) atoms. The van der Waals surface area contributed by atoms with E-state index in [1.807, 2.05) is 30.5 Å². The Balaban J connectivity index is 1.64. The number of rotatable bonds is 8. The minimum atomic E-state index is -3.28. The summed E-state index contributed by atoms with van der Waals surface area (Å²) in [7, 11) is -3.28. The van der Waals surface area contributed by atoms with Gasteiger partial charge in [0.25, 0.3) is 0 Å². The van der Waals surface area contributed by atoms with E-state index in [1.165, 1.54) is 11.3 Å². The molecule has 0 fully saturated rings. The monoisotopic (exact) mass is 497 g/mol. The number of anilines is 1. The van der Waals surface area contributed by atoms with Gasteiger partial charge in [-0.25, -0.2) is 13.4 Å². The lowest BCUT2D eigenvalue weighted by Crippen LogP contribution is -2.31. The molecule has 0 radical (unpaired) electrons. The number of thioether (sulfide) groups is 1. The molecule has 0 bridgehead atoms. The molecule has 2 heterocycles. The molecule has 2 aromatic carbocycles. The fraction of sp³-hybridized carbons (Fsp3) is 0.208. The summed E-state index contributed by atoms with van der Waals surface area (Å²) in [4.78, 5) is 25.4. The molecule has 0 spiro atoms. The van der Waals surface area contributed by atoms with Gasteiger partial charge in [-0.3, -0.25) is 14.7 Å². The van der Waals surface area contributed by atoms with Gasteiger partial charge in [0.05, 0.1) is 33.8 Å². The molecule has 0 saturated carbocycles. The molecule has 0 unspecified atom stereocenters. The lowest BCUT2D eigenvalue weighted by molar-refractivity contribution is -0.118. The molecule has 6 nitrogen and oxygen atoms in total. The number of thiazole rings is 1. The fourth-order valence-corrected chi connectivity index (χ4v) is 5.74. The number of nitrogens with zero attached hydrogens (tertiary/aromatic N) is 3. The first-order valence-corrected chi connectivity index (χ1v) is 14.0. The predicted molar refractivity (Wildman–Crippen MR) is 135 cm³/mol. The van der Waals surface area contributed by atoms with Gasteiger partial charge in [-0.1, -0.05) is 36.5 Å². The smallest absolute Gasteiger partial charge is 0.233 e. The van der Waals surface area contributed by atoms with Crippen molar-refractivity contribution >= 4 is 54.2 Å². The van der Waals surface area contributed by atoms with Crippen LogP contribution in [0.2, 0.25) is 0 Å². The molecule has 0 N–H and O–H groups in total. The molecule has 1 amide bonds. The summed E-state index contributed by atoms with van der Waals surface area (Å²) >= 11 is 3.15. The van der Waals surface area contributed by atoms with Gasteiger partial charge in [-0.2, -0.15) is 0 Å². The average Bonchev–Trinajstić information content (AvgIpc) is 3.26. The van der Waals surface area contributed by atoms with Crippen molar-refractivity contribution in [2.45, 2.75) is 29.7 Å². The molecule has 0 aliphatic heterocycles. The molecule has 2 aromatic heterocycles. The zero-order valence-electron chi connectivity index (χ0n) is 18.3. The van der Waals surface area contributed by atoms with Crippen LogP contribution in [0.1, 0.15) is 18.1 Å². The Morgan fingerprint density at radius 1 is 1.09 bits per heavy atom. The number of amides is 1. The van der Waals surface area contributed by atoms with Gasteiger partial charge in [0.2, 0.25) is 5.91 Å². The molecule has 4 aromatic rings. The molecule has 0 atom stereocenters. The summed E-state index contributed by atoms with van der Waals surface area (Å²) in [6.07, 6.45) is 5.60. The van der Waals surface area contributed by atoms with Crippen LogP contribution in [0.4, 0.5) is 5.13 Å². The van der Waals surface area contributed by atoms with Crippen LogP contribution in [0.3, 0.4) is 0 Å². The largest absolute Gasteiger partial charge is 0.283 e. The van der Waals surface area contributed by atoms with E-state index in [9.17, 15) is 13.2 Å². The lowest BCUT2D eigenvalue weighted by Gasteiger charge is -2.20. The number of aromatic nitrogens is 2. The second-order valence-electron chi connectivity index (χ2n) is 7.40. The Bertz CT molecular complexity index is 1370. The molecule has 170 valence electrons. The van der Waals surface area contributed by atoms with E-state index in [4.69, 9.17) is 4.98 Å². The minimum Gasteiger partial charge on any atom is -0.283 e. The van der Waals surface area contributed by atoms with Crippen molar-refractivity contribution < 1.29 is 13.2 Å². The Hall–Kier alpha value is -2.75. The Morgan fingerprint density at radius 2 is 1.88 bits per heavy atom. The van der Waals surface area contributed by atoms with Gasteiger partial charge in [0.1, 0.15) is 0 Å². The second-order valence-corrected chi connectivity index (χ2v) is 11.6. The van der Waals surface area contributed by atoms with Crippen molar-refractivity contribution in [2.75, 3.05) is 16.9 Å². The van der Waals surface area contributed by atoms with Crippen LogP contribution < -0.4 is 4.90 Å². The van der Waals surface area contributed by atoms with Crippen LogP contribution in [0, 0.1) is 0 Å². The van der Waals surface area contributed by atoms with Crippen LogP contribution in [-0.2, 0) is 27.6 Å². The number of carbonyl (C=O) groups excluding carboxylic acids is 1. The standard InChI is InChI=1S/C24H23N3O3S3/c1-3-33(29,30)20-9-6-17(7-10-20)13-23(28)27(16-18-5-4-12-25-15-18)24-26-21-11-8-19(31-2)14-22(21)32-24/h4-12,14-15H,3,13,16H2,1-2H3. The van der Waals surface area contributed by atoms with Crippen molar-refractivity contribution in [2.24, 2.45) is 0 Å². The van der Waals surface area contributed by atoms with E-state index in [1.54, 1.807) is 60.2 Å². The Kier molecular flexibility index (Phi) is 7.11. The highest BCUT2D eigenvalue weighted by atomic mass is 32.2. The maximum absolute atomic E-state index is 13.4. The molecule has 0 saturated heterocycles. The SMILES string of the molecule is CCS(=O)(=O)c1ccc(CC(=O)N(Cc2cccnc2)c2nc3ccc(SC)cc3s2)cc1. The average molecular weight is 498 g/mol. The maximum atomic E-state index is 13.4. The maximum Gasteiger partial charge on any atom is 0.233 e. The van der Waals surface area contributed by atoms with Gasteiger partial charge >= 0.3 is 0 Å². The Labute approximate surface area is 201 Å². The molecule has 0 aliphatic carbocycles. The highest BCUT2D eigenvalue weighted by Gasteiger charge is 2.21. The zero-order valence-corrected chi connectivity index (χ0v) is 20.7. The first-order chi connectivity index (χ1) is 15.9. The highest BCUT2D eigenvalue weighted by molar-refractivity contribution is 7.98. The third-order valence-electron chi connectivity index (χ3n) is 5.20. The van der Waals surface area contributed by atoms with E-state index < -0.39 is 9.84 Å². The molecule has 9 heteroatoms. The highest BCUT2D eigenvalue weighted by Crippen LogP contribution is 2.32. The summed E-state index contributed by atoms with van der Waals surface area (Å²) in [5.74, 6) is -0.0749. The van der Waals surface area contributed by atoms with E-state index in [-0.39, 0.29) is 23.0 Å². The van der Waals surface area contributed by atoms with Crippen molar-refractivity contribution in [1.82, 2.24) is 9.97 Å². The fourth-order valence-electron chi connectivity index (χ4n) is 3.32. The third-order valence-corrected chi connectivity index (χ3v) is 8.71. The summed E-state index contributed by atoms with van der Waals surface area (Å²) in [6.45, 7) is 1.97. The van der Waals surface area contributed by atoms with Crippen molar-refractivity contribution in [3.8, 4) is 0 Å². The van der Waals surface area contributed by atoms with Crippen LogP contribution in [0.15, 0.2) is 76.8 Å². The number of pyridine rings is 1. The molecular weight excluding hydrogens is 474 g/mol. The number of fused-ring (bicyclic) bond motifs is 1. The number of hydrogen-bond acceptors (Lipinski definition) is 7. The van der Waals surface area contributed by atoms with Gasteiger partial charge < -0.3 is 0 Å². The predicted octanol–water partition coefficient (Wildman–Crippen LogP) is 4.98. The summed E-state index contributed by atoms with van der Waals surface area (Å²) in [5.41, 5.74) is 2.50. The van der Waals surface area contributed by atoms with E-state index in [0.717, 1.165) is 26.2 Å². The number of hydrogen-bond donors (Lipinski definition) is 0. The second kappa shape index (κ2) is 10.0. The Morgan fingerprint density at radius 3 is 2.55 bits per heavy atom. The van der Waals surface area contributed by atoms with Crippen LogP contribution in [0.5, 0.6) is 0 Å². The number of sulfone groups is 1. The minimum absolute atomic E-state index is 0.0417. The van der Waals surface area contributed by atoms with Gasteiger partial charge in [-0.05, 0) is 53.8 Å². The first kappa shape index (κ1) is 23.4. The molecule has 0 aliphatic rings. The van der Waals surface area contributed by atoms with Crippen molar-refractivity contribution in [3.63, 3.8) is 0 Å². The summed E-state index contributed by atoms with van der Waals surface area (Å²) in [6, 6.07) is 16.4. The quantitative estimate of drug-likeness (QED) is 0.319. The normalized spacial score (nSPS) is 11.6. The number of benzene rings is 2. The van der Waals surface area contributed by atoms with Gasteiger partial charge in [0.15, 0.2) is 15.0 Å². The van der Waals surface area contributed by atoms with Crippen LogP contribution in [-0.4, -0.2) is 36.3 Å².